The van der Waals surface area contributed by atoms with Crippen LogP contribution in [0.3, 0.4) is 0 Å². The van der Waals surface area contributed by atoms with E-state index in [1.807, 2.05) is 0 Å². The number of primary amides is 1. The van der Waals surface area contributed by atoms with Gasteiger partial charge in [-0.05, 0) is 30.3 Å². The number of hydrogen-bond acceptors (Lipinski definition) is 3. The molecule has 0 unspecified atom stereocenters. The molecule has 2 rings (SSSR count). The largest absolute Gasteiger partial charge is 0.489 e. The van der Waals surface area contributed by atoms with Gasteiger partial charge in [0, 0.05) is 12.2 Å². The molecule has 25 heavy (non-hydrogen) atoms. The number of carbonyl (C=O) groups is 1. The van der Waals surface area contributed by atoms with Crippen LogP contribution < -0.4 is 15.8 Å². The fourth-order valence-electron chi connectivity index (χ4n) is 2.03. The predicted molar refractivity (Wildman–Crippen MR) is 80.3 cm³/mol. The molecule has 0 fully saturated rings. The van der Waals surface area contributed by atoms with Crippen LogP contribution in [0.1, 0.15) is 15.9 Å². The van der Waals surface area contributed by atoms with Crippen LogP contribution in [-0.4, -0.2) is 19.1 Å². The first-order valence-electron chi connectivity index (χ1n) is 7.02. The maximum absolute atomic E-state index is 13.9. The van der Waals surface area contributed by atoms with Gasteiger partial charge in [-0.15, -0.1) is 0 Å². The summed E-state index contributed by atoms with van der Waals surface area (Å²) in [5.41, 5.74) is 3.37. The van der Waals surface area contributed by atoms with Crippen molar-refractivity contribution in [2.24, 2.45) is 5.73 Å². The quantitative estimate of drug-likeness (QED) is 0.611. The second kappa shape index (κ2) is 7.37. The van der Waals surface area contributed by atoms with Crippen molar-refractivity contribution in [1.29, 1.82) is 0 Å². The SMILES string of the molecule is NC(=O)c1c(F)ccc(OCCNc2cccc(C(F)(F)F)c2)c1F. The normalized spacial score (nSPS) is 11.2. The Morgan fingerprint density at radius 1 is 1.16 bits per heavy atom. The highest BCUT2D eigenvalue weighted by molar-refractivity contribution is 5.93. The number of amides is 1. The van der Waals surface area contributed by atoms with E-state index in [0.717, 1.165) is 24.3 Å². The van der Waals surface area contributed by atoms with Gasteiger partial charge in [-0.25, -0.2) is 8.78 Å². The number of nitrogens with two attached hydrogens (primary N) is 1. The number of rotatable bonds is 6. The summed E-state index contributed by atoms with van der Waals surface area (Å²) < 4.78 is 70.1. The number of ether oxygens (including phenoxy) is 1. The van der Waals surface area contributed by atoms with E-state index in [1.54, 1.807) is 0 Å². The summed E-state index contributed by atoms with van der Waals surface area (Å²) in [6.07, 6.45) is -4.46. The van der Waals surface area contributed by atoms with Crippen LogP contribution in [0.2, 0.25) is 0 Å². The van der Waals surface area contributed by atoms with Gasteiger partial charge in [0.25, 0.3) is 5.91 Å². The molecular weight excluding hydrogens is 347 g/mol. The minimum Gasteiger partial charge on any atom is -0.489 e. The molecule has 0 atom stereocenters. The molecule has 0 saturated carbocycles. The topological polar surface area (TPSA) is 64.4 Å². The summed E-state index contributed by atoms with van der Waals surface area (Å²) in [4.78, 5) is 11.0. The van der Waals surface area contributed by atoms with Crippen LogP contribution in [0.5, 0.6) is 5.75 Å². The Balaban J connectivity index is 1.96. The molecule has 0 bridgehead atoms. The summed E-state index contributed by atoms with van der Waals surface area (Å²) in [7, 11) is 0. The van der Waals surface area contributed by atoms with E-state index in [2.05, 4.69) is 5.32 Å². The van der Waals surface area contributed by atoms with Gasteiger partial charge < -0.3 is 15.8 Å². The van der Waals surface area contributed by atoms with Crippen molar-refractivity contribution in [3.05, 3.63) is 59.2 Å². The second-order valence-electron chi connectivity index (χ2n) is 4.95. The third kappa shape index (κ3) is 4.59. The smallest absolute Gasteiger partial charge is 0.416 e. The third-order valence-electron chi connectivity index (χ3n) is 3.18. The number of hydrogen-bond donors (Lipinski definition) is 2. The molecule has 0 aliphatic carbocycles. The van der Waals surface area contributed by atoms with Gasteiger partial charge in [0.2, 0.25) is 0 Å². The zero-order valence-electron chi connectivity index (χ0n) is 12.7. The highest BCUT2D eigenvalue weighted by Crippen LogP contribution is 2.30. The minimum absolute atomic E-state index is 0.0457. The number of benzene rings is 2. The zero-order valence-corrected chi connectivity index (χ0v) is 12.7. The van der Waals surface area contributed by atoms with E-state index in [0.29, 0.717) is 0 Å². The Morgan fingerprint density at radius 2 is 1.88 bits per heavy atom. The van der Waals surface area contributed by atoms with Crippen molar-refractivity contribution in [1.82, 2.24) is 0 Å². The van der Waals surface area contributed by atoms with Gasteiger partial charge in [-0.1, -0.05) is 6.07 Å². The Morgan fingerprint density at radius 3 is 2.52 bits per heavy atom. The van der Waals surface area contributed by atoms with Gasteiger partial charge >= 0.3 is 6.18 Å². The standard InChI is InChI=1S/C16H13F5N2O2/c17-11-4-5-12(14(18)13(11)15(22)24)25-7-6-23-10-3-1-2-9(8-10)16(19,20)21/h1-5,8,23H,6-7H2,(H2,22,24). The maximum atomic E-state index is 13.9. The van der Waals surface area contributed by atoms with Crippen LogP contribution in [0.25, 0.3) is 0 Å². The molecule has 134 valence electrons. The fourth-order valence-corrected chi connectivity index (χ4v) is 2.03. The number of carbonyl (C=O) groups excluding carboxylic acids is 1. The Hall–Kier alpha value is -2.84. The lowest BCUT2D eigenvalue weighted by atomic mass is 10.1. The van der Waals surface area contributed by atoms with Gasteiger partial charge in [-0.3, -0.25) is 4.79 Å². The summed E-state index contributed by atoms with van der Waals surface area (Å²) >= 11 is 0. The molecule has 0 heterocycles. The predicted octanol–water partition coefficient (Wildman–Crippen LogP) is 3.57. The van der Waals surface area contributed by atoms with Crippen LogP contribution >= 0.6 is 0 Å². The highest BCUT2D eigenvalue weighted by Gasteiger charge is 2.30. The number of nitrogens with one attached hydrogen (secondary N) is 1. The van der Waals surface area contributed by atoms with Crippen molar-refractivity contribution in [3.63, 3.8) is 0 Å². The van der Waals surface area contributed by atoms with Crippen molar-refractivity contribution >= 4 is 11.6 Å². The average molecular weight is 360 g/mol. The van der Waals surface area contributed by atoms with Crippen LogP contribution in [-0.2, 0) is 6.18 Å². The Bertz CT molecular complexity index is 778. The van der Waals surface area contributed by atoms with E-state index < -0.39 is 34.8 Å². The lowest BCUT2D eigenvalue weighted by Crippen LogP contribution is -2.17. The average Bonchev–Trinajstić information content (AvgIpc) is 2.52. The molecule has 9 heteroatoms. The minimum atomic E-state index is -4.46. The van der Waals surface area contributed by atoms with Crippen molar-refractivity contribution < 1.29 is 31.5 Å². The molecule has 0 saturated heterocycles. The van der Waals surface area contributed by atoms with Crippen LogP contribution in [0.15, 0.2) is 36.4 Å². The summed E-state index contributed by atoms with van der Waals surface area (Å²) in [5, 5.41) is 2.68. The number of alkyl halides is 3. The monoisotopic (exact) mass is 360 g/mol. The molecule has 2 aromatic carbocycles. The van der Waals surface area contributed by atoms with Gasteiger partial charge in [0.15, 0.2) is 11.6 Å². The number of anilines is 1. The first kappa shape index (κ1) is 18.5. The molecule has 0 aliphatic rings. The maximum Gasteiger partial charge on any atom is 0.416 e. The molecule has 4 nitrogen and oxygen atoms in total. The molecule has 3 N–H and O–H groups in total. The van der Waals surface area contributed by atoms with E-state index in [9.17, 15) is 26.7 Å². The lowest BCUT2D eigenvalue weighted by Gasteiger charge is -2.12. The Labute approximate surface area is 139 Å². The van der Waals surface area contributed by atoms with Crippen molar-refractivity contribution in [2.75, 3.05) is 18.5 Å². The molecule has 2 aromatic rings. The van der Waals surface area contributed by atoms with E-state index in [4.69, 9.17) is 10.5 Å². The molecule has 0 spiro atoms. The summed E-state index contributed by atoms with van der Waals surface area (Å²) in [6.45, 7) is -0.0962. The van der Waals surface area contributed by atoms with Crippen molar-refractivity contribution in [3.8, 4) is 5.75 Å². The summed E-state index contributed by atoms with van der Waals surface area (Å²) in [5.74, 6) is -4.01. The first-order valence-corrected chi connectivity index (χ1v) is 7.02. The van der Waals surface area contributed by atoms with E-state index in [-0.39, 0.29) is 24.6 Å². The summed E-state index contributed by atoms with van der Waals surface area (Å²) in [6, 6.07) is 6.34. The zero-order chi connectivity index (χ0) is 18.6. The van der Waals surface area contributed by atoms with E-state index in [1.165, 1.54) is 12.1 Å². The van der Waals surface area contributed by atoms with Gasteiger partial charge in [0.05, 0.1) is 5.56 Å². The third-order valence-corrected chi connectivity index (χ3v) is 3.18. The van der Waals surface area contributed by atoms with Crippen LogP contribution in [0.4, 0.5) is 27.6 Å². The first-order chi connectivity index (χ1) is 11.7. The second-order valence-corrected chi connectivity index (χ2v) is 4.95. The van der Waals surface area contributed by atoms with Gasteiger partial charge in [-0.2, -0.15) is 13.2 Å². The molecule has 0 radical (unpaired) electrons. The molecule has 0 aromatic heterocycles. The van der Waals surface area contributed by atoms with E-state index >= 15 is 0 Å². The number of halogens is 5. The van der Waals surface area contributed by atoms with Gasteiger partial charge in [0.1, 0.15) is 18.0 Å². The Kier molecular flexibility index (Phi) is 5.45. The molecular formula is C16H13F5N2O2. The lowest BCUT2D eigenvalue weighted by molar-refractivity contribution is -0.137. The van der Waals surface area contributed by atoms with Crippen molar-refractivity contribution in [2.45, 2.75) is 6.18 Å². The molecule has 1 amide bonds. The molecule has 0 aliphatic heterocycles. The highest BCUT2D eigenvalue weighted by atomic mass is 19.4. The van der Waals surface area contributed by atoms with Crippen LogP contribution in [0, 0.1) is 11.6 Å². The fraction of sp³-hybridized carbons (Fsp3) is 0.188.